The van der Waals surface area contributed by atoms with Crippen molar-refractivity contribution in [2.24, 2.45) is 5.41 Å². The molecule has 116 valence electrons. The van der Waals surface area contributed by atoms with Gasteiger partial charge in [-0.25, -0.2) is 0 Å². The maximum atomic E-state index is 12.2. The normalized spacial score (nSPS) is 16.4. The Morgan fingerprint density at radius 1 is 1.45 bits per heavy atom. The quantitative estimate of drug-likeness (QED) is 0.701. The Bertz CT molecular complexity index is 339. The Hall–Kier alpha value is -1.14. The molecule has 0 saturated carbocycles. The topological polar surface area (TPSA) is 72.9 Å². The van der Waals surface area contributed by atoms with Gasteiger partial charge in [0.1, 0.15) is 0 Å². The molecule has 0 unspecified atom stereocenters. The number of hydrogen-bond donors (Lipinski definition) is 2. The molecule has 2 N–H and O–H groups in total. The first-order valence-electron chi connectivity index (χ1n) is 7.19. The lowest BCUT2D eigenvalue weighted by Gasteiger charge is -2.32. The Labute approximate surface area is 121 Å². The minimum absolute atomic E-state index is 0.0120. The summed E-state index contributed by atoms with van der Waals surface area (Å²) in [5, 5.41) is 11.7. The van der Waals surface area contributed by atoms with Crippen molar-refractivity contribution in [2.75, 3.05) is 45.9 Å². The average Bonchev–Trinajstić information content (AvgIpc) is 2.34. The van der Waals surface area contributed by atoms with Crippen LogP contribution < -0.4 is 5.32 Å². The smallest absolute Gasteiger partial charge is 0.239 e. The minimum Gasteiger partial charge on any atom is -0.396 e. The number of rotatable bonds is 6. The van der Waals surface area contributed by atoms with E-state index < -0.39 is 0 Å². The van der Waals surface area contributed by atoms with Gasteiger partial charge in [0.25, 0.3) is 0 Å². The molecule has 0 spiro atoms. The monoisotopic (exact) mass is 285 g/mol. The first-order valence-corrected chi connectivity index (χ1v) is 7.19. The van der Waals surface area contributed by atoms with E-state index in [2.05, 4.69) is 31.0 Å². The number of aliphatic hydroxyl groups excluding tert-OH is 1. The second-order valence-corrected chi connectivity index (χ2v) is 6.51. The van der Waals surface area contributed by atoms with E-state index in [-0.39, 0.29) is 30.4 Å². The third kappa shape index (κ3) is 6.34. The Morgan fingerprint density at radius 3 is 2.70 bits per heavy atom. The molecule has 20 heavy (non-hydrogen) atoms. The number of carbonyl (C=O) groups excluding carboxylic acids is 2. The van der Waals surface area contributed by atoms with Gasteiger partial charge in [-0.05, 0) is 11.8 Å². The predicted molar refractivity (Wildman–Crippen MR) is 77.2 cm³/mol. The number of carbonyl (C=O) groups is 2. The van der Waals surface area contributed by atoms with Gasteiger partial charge in [-0.3, -0.25) is 14.5 Å². The summed E-state index contributed by atoms with van der Waals surface area (Å²) in [6, 6.07) is 0. The Kier molecular flexibility index (Phi) is 6.42. The van der Waals surface area contributed by atoms with Crippen molar-refractivity contribution in [1.82, 2.24) is 15.1 Å². The number of amides is 2. The summed E-state index contributed by atoms with van der Waals surface area (Å²) in [6.07, 6.45) is 0.657. The van der Waals surface area contributed by atoms with Crippen LogP contribution in [0.1, 0.15) is 27.2 Å². The second-order valence-electron chi connectivity index (χ2n) is 6.51. The lowest BCUT2D eigenvalue weighted by molar-refractivity contribution is -0.139. The second kappa shape index (κ2) is 7.59. The highest BCUT2D eigenvalue weighted by Gasteiger charge is 2.24. The van der Waals surface area contributed by atoms with Crippen molar-refractivity contribution in [3.63, 3.8) is 0 Å². The summed E-state index contributed by atoms with van der Waals surface area (Å²) in [5.41, 5.74) is 0.0923. The molecule has 2 amide bonds. The molecule has 0 aliphatic carbocycles. The summed E-state index contributed by atoms with van der Waals surface area (Å²) in [4.78, 5) is 27.2. The van der Waals surface area contributed by atoms with Crippen LogP contribution in [0.3, 0.4) is 0 Å². The molecule has 1 aliphatic heterocycles. The number of nitrogens with zero attached hydrogens (tertiary/aromatic N) is 2. The molecule has 1 heterocycles. The highest BCUT2D eigenvalue weighted by Crippen LogP contribution is 2.15. The lowest BCUT2D eigenvalue weighted by atomic mass is 9.96. The van der Waals surface area contributed by atoms with Crippen LogP contribution in [-0.2, 0) is 9.59 Å². The van der Waals surface area contributed by atoms with Gasteiger partial charge in [-0.15, -0.1) is 0 Å². The number of aliphatic hydroxyl groups is 1. The van der Waals surface area contributed by atoms with Crippen LogP contribution in [0, 0.1) is 5.41 Å². The van der Waals surface area contributed by atoms with Gasteiger partial charge in [0, 0.05) is 32.8 Å². The minimum atomic E-state index is -0.0951. The SMILES string of the molecule is CC(C)(C)CN(CCCO)CC(=O)N1CCNC(=O)C1. The van der Waals surface area contributed by atoms with Crippen molar-refractivity contribution in [2.45, 2.75) is 27.2 Å². The molecule has 1 fully saturated rings. The van der Waals surface area contributed by atoms with Crippen molar-refractivity contribution in [1.29, 1.82) is 0 Å². The standard InChI is InChI=1S/C14H27N3O3/c1-14(2,3)11-16(6-4-8-18)10-13(20)17-7-5-15-12(19)9-17/h18H,4-11H2,1-3H3,(H,15,19). The summed E-state index contributed by atoms with van der Waals surface area (Å²) in [7, 11) is 0. The van der Waals surface area contributed by atoms with Crippen LogP contribution >= 0.6 is 0 Å². The van der Waals surface area contributed by atoms with Crippen LogP contribution in [0.5, 0.6) is 0 Å². The molecular weight excluding hydrogens is 258 g/mol. The third-order valence-electron chi connectivity index (χ3n) is 3.08. The maximum absolute atomic E-state index is 12.2. The lowest BCUT2D eigenvalue weighted by Crippen LogP contribution is -2.53. The zero-order valence-electron chi connectivity index (χ0n) is 12.8. The average molecular weight is 285 g/mol. The zero-order chi connectivity index (χ0) is 15.2. The first kappa shape index (κ1) is 16.9. The van der Waals surface area contributed by atoms with E-state index in [0.717, 1.165) is 6.54 Å². The fourth-order valence-corrected chi connectivity index (χ4v) is 2.32. The molecule has 0 aromatic heterocycles. The van der Waals surface area contributed by atoms with Crippen LogP contribution in [0.4, 0.5) is 0 Å². The molecule has 0 radical (unpaired) electrons. The highest BCUT2D eigenvalue weighted by atomic mass is 16.3. The van der Waals surface area contributed by atoms with Crippen molar-refractivity contribution < 1.29 is 14.7 Å². The molecule has 6 nitrogen and oxygen atoms in total. The maximum Gasteiger partial charge on any atom is 0.239 e. The third-order valence-corrected chi connectivity index (χ3v) is 3.08. The van der Waals surface area contributed by atoms with E-state index in [0.29, 0.717) is 32.6 Å². The van der Waals surface area contributed by atoms with Gasteiger partial charge in [-0.1, -0.05) is 20.8 Å². The molecule has 1 rings (SSSR count). The summed E-state index contributed by atoms with van der Waals surface area (Å²) < 4.78 is 0. The van der Waals surface area contributed by atoms with E-state index in [1.807, 2.05) is 0 Å². The number of piperazine rings is 1. The molecule has 1 aliphatic rings. The molecule has 6 heteroatoms. The van der Waals surface area contributed by atoms with Crippen LogP contribution in [-0.4, -0.2) is 72.6 Å². The van der Waals surface area contributed by atoms with Crippen molar-refractivity contribution in [3.8, 4) is 0 Å². The Balaban J connectivity index is 2.53. The summed E-state index contributed by atoms with van der Waals surface area (Å²) >= 11 is 0. The molecular formula is C14H27N3O3. The van der Waals surface area contributed by atoms with Gasteiger partial charge in [-0.2, -0.15) is 0 Å². The summed E-state index contributed by atoms with van der Waals surface area (Å²) in [6.45, 7) is 9.55. The zero-order valence-corrected chi connectivity index (χ0v) is 12.8. The number of hydrogen-bond acceptors (Lipinski definition) is 4. The molecule has 0 aromatic rings. The summed E-state index contributed by atoms with van der Waals surface area (Å²) in [5.74, 6) is -0.107. The molecule has 0 bridgehead atoms. The first-order chi connectivity index (χ1) is 9.31. The Morgan fingerprint density at radius 2 is 2.15 bits per heavy atom. The number of nitrogens with one attached hydrogen (secondary N) is 1. The van der Waals surface area contributed by atoms with E-state index >= 15 is 0 Å². The van der Waals surface area contributed by atoms with Gasteiger partial charge in [0.05, 0.1) is 13.1 Å². The predicted octanol–water partition coefficient (Wildman–Crippen LogP) is -0.325. The largest absolute Gasteiger partial charge is 0.396 e. The fourth-order valence-electron chi connectivity index (χ4n) is 2.32. The highest BCUT2D eigenvalue weighted by molar-refractivity contribution is 5.86. The van der Waals surface area contributed by atoms with Gasteiger partial charge < -0.3 is 15.3 Å². The van der Waals surface area contributed by atoms with E-state index in [4.69, 9.17) is 5.11 Å². The van der Waals surface area contributed by atoms with E-state index in [9.17, 15) is 9.59 Å². The molecule has 0 aromatic carbocycles. The van der Waals surface area contributed by atoms with E-state index in [1.165, 1.54) is 0 Å². The molecule has 0 atom stereocenters. The van der Waals surface area contributed by atoms with Crippen LogP contribution in [0.15, 0.2) is 0 Å². The molecule has 1 saturated heterocycles. The van der Waals surface area contributed by atoms with Gasteiger partial charge in [0.15, 0.2) is 0 Å². The van der Waals surface area contributed by atoms with Gasteiger partial charge >= 0.3 is 0 Å². The fraction of sp³-hybridized carbons (Fsp3) is 0.857. The van der Waals surface area contributed by atoms with Crippen LogP contribution in [0.25, 0.3) is 0 Å². The van der Waals surface area contributed by atoms with Crippen molar-refractivity contribution >= 4 is 11.8 Å². The van der Waals surface area contributed by atoms with Crippen LogP contribution in [0.2, 0.25) is 0 Å². The van der Waals surface area contributed by atoms with E-state index in [1.54, 1.807) is 4.90 Å². The van der Waals surface area contributed by atoms with Gasteiger partial charge in [0.2, 0.25) is 11.8 Å². The van der Waals surface area contributed by atoms with Crippen molar-refractivity contribution in [3.05, 3.63) is 0 Å².